The first-order valence-corrected chi connectivity index (χ1v) is 12.1. The molecule has 0 spiro atoms. The Morgan fingerprint density at radius 2 is 1.64 bits per heavy atom. The van der Waals surface area contributed by atoms with Gasteiger partial charge in [-0.25, -0.2) is 0 Å². The fourth-order valence-electron chi connectivity index (χ4n) is 3.89. The summed E-state index contributed by atoms with van der Waals surface area (Å²) >= 11 is 5.41. The quantitative estimate of drug-likeness (QED) is 0.319. The van der Waals surface area contributed by atoms with E-state index in [2.05, 4.69) is 39.9 Å². The molecule has 186 valence electrons. The molecule has 1 amide bonds. The third-order valence-corrected chi connectivity index (χ3v) is 6.05. The van der Waals surface area contributed by atoms with Gasteiger partial charge in [-0.15, -0.1) is 10.2 Å². The largest absolute Gasteiger partial charge is 0.496 e. The molecule has 1 aromatic heterocycles. The fourth-order valence-corrected chi connectivity index (χ4v) is 4.09. The average Bonchev–Trinajstić information content (AvgIpc) is 3.29. The number of carbonyl (C=O) groups excluding carboxylic acids is 1. The third-order valence-electron chi connectivity index (χ3n) is 5.84. The summed E-state index contributed by atoms with van der Waals surface area (Å²) in [7, 11) is 2.99. The highest BCUT2D eigenvalue weighted by Crippen LogP contribution is 2.28. The van der Waals surface area contributed by atoms with Crippen molar-refractivity contribution in [3.63, 3.8) is 0 Å². The number of hydrogen-bond donors (Lipinski definition) is 2. The van der Waals surface area contributed by atoms with Crippen molar-refractivity contribution in [1.29, 1.82) is 0 Å². The molecule has 0 bridgehead atoms. The Kier molecular flexibility index (Phi) is 7.80. The minimum absolute atomic E-state index is 0.144. The SMILES string of the molecule is CCCCc1ccc(-n2nc3cc(C)c(NC(=S)NC(=O)c4c(OC)cccc4OC)cc3n2)cc1. The van der Waals surface area contributed by atoms with Crippen molar-refractivity contribution in [3.8, 4) is 17.2 Å². The van der Waals surface area contributed by atoms with Crippen LogP contribution in [0.25, 0.3) is 16.7 Å². The molecule has 3 aromatic carbocycles. The molecule has 0 aliphatic rings. The van der Waals surface area contributed by atoms with E-state index in [9.17, 15) is 4.79 Å². The number of rotatable bonds is 8. The van der Waals surface area contributed by atoms with E-state index in [1.165, 1.54) is 32.6 Å². The molecule has 4 aromatic rings. The molecule has 4 rings (SSSR count). The summed E-state index contributed by atoms with van der Waals surface area (Å²) in [6.07, 6.45) is 3.41. The summed E-state index contributed by atoms with van der Waals surface area (Å²) in [5.74, 6) is 0.346. The minimum Gasteiger partial charge on any atom is -0.496 e. The van der Waals surface area contributed by atoms with Crippen LogP contribution in [0.1, 0.15) is 41.3 Å². The zero-order chi connectivity index (χ0) is 25.7. The van der Waals surface area contributed by atoms with Crippen LogP contribution in [-0.2, 0) is 6.42 Å². The molecule has 0 aliphatic heterocycles. The van der Waals surface area contributed by atoms with Gasteiger partial charge < -0.3 is 14.8 Å². The third kappa shape index (κ3) is 5.46. The standard InChI is InChI=1S/C27H29N5O3S/c1-5-6-8-18-11-13-19(14-12-18)32-30-21-15-17(2)20(16-22(21)31-32)28-27(36)29-26(33)25-23(34-3)9-7-10-24(25)35-4/h7,9-16H,5-6,8H2,1-4H3,(H2,28,29,33,36). The van der Waals surface area contributed by atoms with Crippen LogP contribution in [0.15, 0.2) is 54.6 Å². The number of unbranched alkanes of at least 4 members (excludes halogenated alkanes) is 1. The van der Waals surface area contributed by atoms with Crippen molar-refractivity contribution in [1.82, 2.24) is 20.3 Å². The smallest absolute Gasteiger partial charge is 0.264 e. The number of hydrogen-bond acceptors (Lipinski definition) is 6. The molecule has 0 unspecified atom stereocenters. The zero-order valence-electron chi connectivity index (χ0n) is 20.8. The molecule has 0 aliphatic carbocycles. The lowest BCUT2D eigenvalue weighted by atomic mass is 10.1. The molecule has 0 saturated carbocycles. The molecule has 36 heavy (non-hydrogen) atoms. The lowest BCUT2D eigenvalue weighted by Crippen LogP contribution is -2.34. The minimum atomic E-state index is -0.436. The maximum atomic E-state index is 12.9. The van der Waals surface area contributed by atoms with E-state index < -0.39 is 5.91 Å². The average molecular weight is 504 g/mol. The summed E-state index contributed by atoms with van der Waals surface area (Å²) in [6, 6.07) is 17.2. The van der Waals surface area contributed by atoms with E-state index in [0.29, 0.717) is 17.0 Å². The van der Waals surface area contributed by atoms with Gasteiger partial charge in [0.25, 0.3) is 5.91 Å². The lowest BCUT2D eigenvalue weighted by molar-refractivity contribution is 0.0971. The van der Waals surface area contributed by atoms with E-state index in [1.807, 2.05) is 31.2 Å². The molecule has 2 N–H and O–H groups in total. The Morgan fingerprint density at radius 1 is 1.00 bits per heavy atom. The summed E-state index contributed by atoms with van der Waals surface area (Å²) in [4.78, 5) is 14.6. The Balaban J connectivity index is 1.51. The van der Waals surface area contributed by atoms with Crippen molar-refractivity contribution in [3.05, 3.63) is 71.3 Å². The van der Waals surface area contributed by atoms with Crippen LogP contribution >= 0.6 is 12.2 Å². The predicted octanol–water partition coefficient (Wildman–Crippen LogP) is 5.22. The van der Waals surface area contributed by atoms with Crippen LogP contribution in [0, 0.1) is 6.92 Å². The predicted molar refractivity (Wildman–Crippen MR) is 145 cm³/mol. The molecular formula is C27H29N5O3S. The summed E-state index contributed by atoms with van der Waals surface area (Å²) < 4.78 is 10.6. The topological polar surface area (TPSA) is 90.3 Å². The van der Waals surface area contributed by atoms with Crippen molar-refractivity contribution in [2.45, 2.75) is 33.1 Å². The van der Waals surface area contributed by atoms with Crippen LogP contribution < -0.4 is 20.1 Å². The number of nitrogens with one attached hydrogen (secondary N) is 2. The van der Waals surface area contributed by atoms with Crippen molar-refractivity contribution >= 4 is 40.0 Å². The van der Waals surface area contributed by atoms with Gasteiger partial charge in [0.2, 0.25) is 0 Å². The van der Waals surface area contributed by atoms with Gasteiger partial charge in [-0.05, 0) is 79.5 Å². The first-order valence-electron chi connectivity index (χ1n) is 11.7. The molecule has 8 nitrogen and oxygen atoms in total. The number of benzene rings is 3. The van der Waals surface area contributed by atoms with E-state index >= 15 is 0 Å². The van der Waals surface area contributed by atoms with E-state index in [0.717, 1.165) is 28.9 Å². The number of amides is 1. The first kappa shape index (κ1) is 25.1. The highest BCUT2D eigenvalue weighted by molar-refractivity contribution is 7.80. The highest BCUT2D eigenvalue weighted by atomic mass is 32.1. The van der Waals surface area contributed by atoms with Crippen molar-refractivity contribution in [2.24, 2.45) is 0 Å². The monoisotopic (exact) mass is 503 g/mol. The molecule has 1 heterocycles. The van der Waals surface area contributed by atoms with Gasteiger partial charge in [0.05, 0.1) is 19.9 Å². The Morgan fingerprint density at radius 3 is 2.25 bits per heavy atom. The second kappa shape index (κ2) is 11.2. The molecular weight excluding hydrogens is 474 g/mol. The number of carbonyl (C=O) groups is 1. The molecule has 0 radical (unpaired) electrons. The van der Waals surface area contributed by atoms with Gasteiger partial charge in [-0.3, -0.25) is 10.1 Å². The molecule has 0 atom stereocenters. The number of thiocarbonyl (C=S) groups is 1. The van der Waals surface area contributed by atoms with Gasteiger partial charge in [-0.2, -0.15) is 4.80 Å². The Bertz CT molecular complexity index is 1380. The van der Waals surface area contributed by atoms with E-state index in [-0.39, 0.29) is 10.7 Å². The normalized spacial score (nSPS) is 10.8. The van der Waals surface area contributed by atoms with Crippen molar-refractivity contribution < 1.29 is 14.3 Å². The maximum Gasteiger partial charge on any atom is 0.264 e. The zero-order valence-corrected chi connectivity index (χ0v) is 21.6. The number of fused-ring (bicyclic) bond motifs is 1. The van der Waals surface area contributed by atoms with Crippen LogP contribution in [0.3, 0.4) is 0 Å². The summed E-state index contributed by atoms with van der Waals surface area (Å²) in [5.41, 5.74) is 5.58. The number of aromatic nitrogens is 3. The number of aryl methyl sites for hydroxylation is 2. The van der Waals surface area contributed by atoms with E-state index in [4.69, 9.17) is 21.7 Å². The summed E-state index contributed by atoms with van der Waals surface area (Å²) in [5, 5.41) is 15.2. The van der Waals surface area contributed by atoms with Crippen LogP contribution in [0.4, 0.5) is 5.69 Å². The highest BCUT2D eigenvalue weighted by Gasteiger charge is 2.19. The Labute approximate surface area is 215 Å². The van der Waals surface area contributed by atoms with Crippen LogP contribution in [0.2, 0.25) is 0 Å². The van der Waals surface area contributed by atoms with Gasteiger partial charge in [-0.1, -0.05) is 31.5 Å². The number of ether oxygens (including phenoxy) is 2. The number of methoxy groups -OCH3 is 2. The van der Waals surface area contributed by atoms with Crippen molar-refractivity contribution in [2.75, 3.05) is 19.5 Å². The number of anilines is 1. The second-order valence-corrected chi connectivity index (χ2v) is 8.77. The molecule has 9 heteroatoms. The summed E-state index contributed by atoms with van der Waals surface area (Å²) in [6.45, 7) is 4.13. The van der Waals surface area contributed by atoms with Gasteiger partial charge >= 0.3 is 0 Å². The second-order valence-electron chi connectivity index (χ2n) is 8.36. The fraction of sp³-hybridized carbons (Fsp3) is 0.259. The Hall–Kier alpha value is -3.98. The maximum absolute atomic E-state index is 12.9. The molecule has 0 fully saturated rings. The van der Waals surface area contributed by atoms with Crippen LogP contribution in [-0.4, -0.2) is 40.2 Å². The van der Waals surface area contributed by atoms with Gasteiger partial charge in [0.15, 0.2) is 5.11 Å². The van der Waals surface area contributed by atoms with Gasteiger partial charge in [0, 0.05) is 5.69 Å². The number of nitrogens with zero attached hydrogens (tertiary/aromatic N) is 3. The van der Waals surface area contributed by atoms with E-state index in [1.54, 1.807) is 23.0 Å². The van der Waals surface area contributed by atoms with Gasteiger partial charge in [0.1, 0.15) is 28.1 Å². The molecule has 0 saturated heterocycles. The van der Waals surface area contributed by atoms with Crippen LogP contribution in [0.5, 0.6) is 11.5 Å². The first-order chi connectivity index (χ1) is 17.4. The lowest BCUT2D eigenvalue weighted by Gasteiger charge is -2.15.